The Hall–Kier alpha value is -2.81. The first kappa shape index (κ1) is 18.2. The second-order valence-electron chi connectivity index (χ2n) is 6.01. The standard InChI is InChI=1S/C17H21N3O3/c1-17(2,3)13-6-4-5-7-14(13)20-11-12(10-18)16(23)19-9-8-15(21)22/h4-7,11,20H,8-9H2,1-3H3,(H,19,23)(H,21,22)/b12-11-. The number of carbonyl (C=O) groups is 2. The summed E-state index contributed by atoms with van der Waals surface area (Å²) in [6, 6.07) is 9.45. The lowest BCUT2D eigenvalue weighted by molar-refractivity contribution is -0.136. The molecule has 6 heteroatoms. The number of carbonyl (C=O) groups excluding carboxylic acids is 1. The molecule has 0 atom stereocenters. The smallest absolute Gasteiger partial charge is 0.305 e. The highest BCUT2D eigenvalue weighted by Crippen LogP contribution is 2.29. The van der Waals surface area contributed by atoms with E-state index < -0.39 is 11.9 Å². The summed E-state index contributed by atoms with van der Waals surface area (Å²) in [5, 5.41) is 23.0. The molecular weight excluding hydrogens is 294 g/mol. The fourth-order valence-electron chi connectivity index (χ4n) is 1.94. The van der Waals surface area contributed by atoms with Gasteiger partial charge in [0.15, 0.2) is 0 Å². The summed E-state index contributed by atoms with van der Waals surface area (Å²) in [7, 11) is 0. The molecule has 0 bridgehead atoms. The molecule has 0 aliphatic rings. The van der Waals surface area contributed by atoms with Crippen molar-refractivity contribution in [2.24, 2.45) is 0 Å². The SMILES string of the molecule is CC(C)(C)c1ccccc1N/C=C(/C#N)C(=O)NCCC(=O)O. The van der Waals surface area contributed by atoms with Crippen LogP contribution in [0, 0.1) is 11.3 Å². The van der Waals surface area contributed by atoms with Gasteiger partial charge in [-0.05, 0) is 17.0 Å². The molecule has 0 radical (unpaired) electrons. The van der Waals surface area contributed by atoms with Crippen LogP contribution < -0.4 is 10.6 Å². The lowest BCUT2D eigenvalue weighted by Gasteiger charge is -2.22. The second kappa shape index (κ2) is 7.99. The highest BCUT2D eigenvalue weighted by molar-refractivity contribution is 5.97. The molecule has 0 aromatic heterocycles. The molecule has 23 heavy (non-hydrogen) atoms. The zero-order valence-corrected chi connectivity index (χ0v) is 13.5. The third-order valence-electron chi connectivity index (χ3n) is 3.10. The van der Waals surface area contributed by atoms with Crippen molar-refractivity contribution in [2.45, 2.75) is 32.6 Å². The van der Waals surface area contributed by atoms with Gasteiger partial charge in [0.2, 0.25) is 0 Å². The molecule has 122 valence electrons. The van der Waals surface area contributed by atoms with E-state index in [1.54, 1.807) is 0 Å². The number of amides is 1. The predicted molar refractivity (Wildman–Crippen MR) is 87.7 cm³/mol. The van der Waals surface area contributed by atoms with Crippen LogP contribution >= 0.6 is 0 Å². The number of aliphatic carboxylic acids is 1. The second-order valence-corrected chi connectivity index (χ2v) is 6.01. The molecule has 0 heterocycles. The van der Waals surface area contributed by atoms with E-state index in [0.29, 0.717) is 0 Å². The van der Waals surface area contributed by atoms with Crippen molar-refractivity contribution in [2.75, 3.05) is 11.9 Å². The largest absolute Gasteiger partial charge is 0.481 e. The zero-order chi connectivity index (χ0) is 17.5. The van der Waals surface area contributed by atoms with Gasteiger partial charge in [0.05, 0.1) is 6.42 Å². The maximum absolute atomic E-state index is 11.8. The first-order chi connectivity index (χ1) is 10.8. The van der Waals surface area contributed by atoms with Crippen LogP contribution in [0.4, 0.5) is 5.69 Å². The molecule has 0 unspecified atom stereocenters. The molecule has 3 N–H and O–H groups in total. The summed E-state index contributed by atoms with van der Waals surface area (Å²) in [5.41, 5.74) is 1.67. The summed E-state index contributed by atoms with van der Waals surface area (Å²) < 4.78 is 0. The van der Waals surface area contributed by atoms with Crippen molar-refractivity contribution in [3.8, 4) is 6.07 Å². The van der Waals surface area contributed by atoms with Crippen molar-refractivity contribution in [1.82, 2.24) is 5.32 Å². The molecule has 0 aliphatic heterocycles. The van der Waals surface area contributed by atoms with Gasteiger partial charge in [-0.15, -0.1) is 0 Å². The summed E-state index contributed by atoms with van der Waals surface area (Å²) in [4.78, 5) is 22.2. The molecule has 0 aliphatic carbocycles. The number of carboxylic acid groups (broad SMARTS) is 1. The molecule has 1 rings (SSSR count). The quantitative estimate of drug-likeness (QED) is 0.552. The number of hydrogen-bond donors (Lipinski definition) is 3. The number of carboxylic acids is 1. The molecular formula is C17H21N3O3. The van der Waals surface area contributed by atoms with Crippen LogP contribution in [-0.4, -0.2) is 23.5 Å². The molecule has 0 spiro atoms. The number of rotatable bonds is 6. The average molecular weight is 315 g/mol. The maximum atomic E-state index is 11.8. The van der Waals surface area contributed by atoms with Crippen molar-refractivity contribution < 1.29 is 14.7 Å². The fraction of sp³-hybridized carbons (Fsp3) is 0.353. The van der Waals surface area contributed by atoms with E-state index in [1.807, 2.05) is 30.3 Å². The Morgan fingerprint density at radius 3 is 2.52 bits per heavy atom. The summed E-state index contributed by atoms with van der Waals surface area (Å²) in [6.45, 7) is 6.19. The van der Waals surface area contributed by atoms with Gasteiger partial charge in [-0.25, -0.2) is 0 Å². The lowest BCUT2D eigenvalue weighted by atomic mass is 9.86. The van der Waals surface area contributed by atoms with E-state index in [0.717, 1.165) is 11.3 Å². The van der Waals surface area contributed by atoms with E-state index in [9.17, 15) is 9.59 Å². The Kier molecular flexibility index (Phi) is 6.34. The maximum Gasteiger partial charge on any atom is 0.305 e. The van der Waals surface area contributed by atoms with Gasteiger partial charge in [0.25, 0.3) is 5.91 Å². The number of hydrogen-bond acceptors (Lipinski definition) is 4. The molecule has 0 saturated carbocycles. The van der Waals surface area contributed by atoms with Crippen molar-refractivity contribution in [1.29, 1.82) is 5.26 Å². The Balaban J connectivity index is 2.84. The minimum absolute atomic E-state index is 0.0221. The third-order valence-corrected chi connectivity index (χ3v) is 3.10. The molecule has 0 fully saturated rings. The van der Waals surface area contributed by atoms with Crippen molar-refractivity contribution in [3.05, 3.63) is 41.6 Å². The van der Waals surface area contributed by atoms with Gasteiger partial charge in [-0.3, -0.25) is 9.59 Å². The average Bonchev–Trinajstić information content (AvgIpc) is 2.47. The predicted octanol–water partition coefficient (Wildman–Crippen LogP) is 2.39. The number of benzene rings is 1. The summed E-state index contributed by atoms with van der Waals surface area (Å²) >= 11 is 0. The van der Waals surface area contributed by atoms with Crippen molar-refractivity contribution in [3.63, 3.8) is 0 Å². The van der Waals surface area contributed by atoms with Gasteiger partial charge >= 0.3 is 5.97 Å². The minimum atomic E-state index is -1.01. The van der Waals surface area contributed by atoms with Crippen molar-refractivity contribution >= 4 is 17.6 Å². The van der Waals surface area contributed by atoms with Gasteiger partial charge in [0, 0.05) is 18.4 Å². The van der Waals surface area contributed by atoms with E-state index in [1.165, 1.54) is 6.20 Å². The number of nitriles is 1. The third kappa shape index (κ3) is 5.83. The Labute approximate surface area is 135 Å². The van der Waals surface area contributed by atoms with Crippen LogP contribution in [0.25, 0.3) is 0 Å². The number of anilines is 1. The van der Waals surface area contributed by atoms with Crippen LogP contribution in [0.5, 0.6) is 0 Å². The fourth-order valence-corrected chi connectivity index (χ4v) is 1.94. The van der Waals surface area contributed by atoms with E-state index in [4.69, 9.17) is 10.4 Å². The lowest BCUT2D eigenvalue weighted by Crippen LogP contribution is -2.27. The summed E-state index contributed by atoms with van der Waals surface area (Å²) in [6.07, 6.45) is 1.14. The van der Waals surface area contributed by atoms with Crippen LogP contribution in [0.2, 0.25) is 0 Å². The number of nitrogens with one attached hydrogen (secondary N) is 2. The van der Waals surface area contributed by atoms with Crippen LogP contribution in [0.15, 0.2) is 36.0 Å². The Morgan fingerprint density at radius 2 is 1.96 bits per heavy atom. The highest BCUT2D eigenvalue weighted by atomic mass is 16.4. The summed E-state index contributed by atoms with van der Waals surface area (Å²) in [5.74, 6) is -1.61. The molecule has 1 aromatic carbocycles. The van der Waals surface area contributed by atoms with E-state index in [2.05, 4.69) is 31.4 Å². The minimum Gasteiger partial charge on any atom is -0.481 e. The molecule has 6 nitrogen and oxygen atoms in total. The van der Waals surface area contributed by atoms with Crippen LogP contribution in [-0.2, 0) is 15.0 Å². The van der Waals surface area contributed by atoms with Crippen LogP contribution in [0.3, 0.4) is 0 Å². The first-order valence-electron chi connectivity index (χ1n) is 7.22. The number of nitrogens with zero attached hydrogens (tertiary/aromatic N) is 1. The van der Waals surface area contributed by atoms with Crippen LogP contribution in [0.1, 0.15) is 32.8 Å². The molecule has 0 saturated heterocycles. The Bertz CT molecular complexity index is 652. The van der Waals surface area contributed by atoms with E-state index >= 15 is 0 Å². The van der Waals surface area contributed by atoms with Gasteiger partial charge < -0.3 is 15.7 Å². The topological polar surface area (TPSA) is 102 Å². The highest BCUT2D eigenvalue weighted by Gasteiger charge is 2.17. The van der Waals surface area contributed by atoms with Gasteiger partial charge in [-0.2, -0.15) is 5.26 Å². The monoisotopic (exact) mass is 315 g/mol. The molecule has 1 aromatic rings. The Morgan fingerprint density at radius 1 is 1.30 bits per heavy atom. The normalized spacial score (nSPS) is 11.5. The molecule has 1 amide bonds. The number of para-hydroxylation sites is 1. The van der Waals surface area contributed by atoms with Gasteiger partial charge in [0.1, 0.15) is 11.6 Å². The first-order valence-corrected chi connectivity index (χ1v) is 7.22. The van der Waals surface area contributed by atoms with Gasteiger partial charge in [-0.1, -0.05) is 39.0 Å². The zero-order valence-electron chi connectivity index (χ0n) is 13.5. The van der Waals surface area contributed by atoms with E-state index in [-0.39, 0.29) is 24.0 Å².